The van der Waals surface area contributed by atoms with E-state index >= 15 is 0 Å². The molecule has 2 N–H and O–H groups in total. The lowest BCUT2D eigenvalue weighted by molar-refractivity contribution is -0.134. The Morgan fingerprint density at radius 2 is 2.12 bits per heavy atom. The molecule has 3 heterocycles. The quantitative estimate of drug-likeness (QED) is 0.642. The highest BCUT2D eigenvalue weighted by Gasteiger charge is 2.26. The first-order valence-corrected chi connectivity index (χ1v) is 10.7. The van der Waals surface area contributed by atoms with Crippen molar-refractivity contribution in [3.05, 3.63) is 64.2 Å². The molecular weight excluding hydrogens is 408 g/mol. The highest BCUT2D eigenvalue weighted by atomic mass is 16.5. The van der Waals surface area contributed by atoms with Crippen molar-refractivity contribution >= 4 is 28.4 Å². The van der Waals surface area contributed by atoms with Crippen molar-refractivity contribution in [3.63, 3.8) is 0 Å². The monoisotopic (exact) mass is 434 g/mol. The van der Waals surface area contributed by atoms with Crippen molar-refractivity contribution in [3.8, 4) is 5.75 Å². The summed E-state index contributed by atoms with van der Waals surface area (Å²) in [6.45, 7) is 4.46. The molecule has 2 aromatic heterocycles. The number of anilines is 1. The van der Waals surface area contributed by atoms with E-state index in [2.05, 4.69) is 15.3 Å². The van der Waals surface area contributed by atoms with Crippen molar-refractivity contribution in [2.24, 2.45) is 0 Å². The molecule has 1 saturated heterocycles. The predicted molar refractivity (Wildman–Crippen MR) is 122 cm³/mol. The van der Waals surface area contributed by atoms with Crippen LogP contribution in [0.25, 0.3) is 10.9 Å². The number of piperidine rings is 1. The van der Waals surface area contributed by atoms with E-state index in [0.29, 0.717) is 24.4 Å². The summed E-state index contributed by atoms with van der Waals surface area (Å²) in [5, 5.41) is 3.56. The molecule has 1 fully saturated rings. The predicted octanol–water partition coefficient (Wildman–Crippen LogP) is 2.97. The molecule has 1 atom stereocenters. The number of ether oxygens (including phenoxy) is 1. The van der Waals surface area contributed by atoms with Gasteiger partial charge in [0.15, 0.2) is 6.61 Å². The van der Waals surface area contributed by atoms with E-state index in [1.807, 2.05) is 25.1 Å². The van der Waals surface area contributed by atoms with Gasteiger partial charge in [0.25, 0.3) is 11.5 Å². The summed E-state index contributed by atoms with van der Waals surface area (Å²) in [5.74, 6) is 0.401. The van der Waals surface area contributed by atoms with Gasteiger partial charge >= 0.3 is 0 Å². The minimum atomic E-state index is -0.206. The number of H-pyrrole nitrogens is 1. The number of aryl methyl sites for hydroxylation is 1. The maximum absolute atomic E-state index is 12.8. The molecule has 1 aliphatic rings. The van der Waals surface area contributed by atoms with Gasteiger partial charge in [-0.2, -0.15) is 0 Å². The number of hydrogen-bond acceptors (Lipinski definition) is 5. The third-order valence-electron chi connectivity index (χ3n) is 5.71. The molecule has 3 aromatic rings. The fourth-order valence-electron chi connectivity index (χ4n) is 4.09. The molecule has 0 saturated carbocycles. The number of aromatic nitrogens is 2. The summed E-state index contributed by atoms with van der Waals surface area (Å²) in [4.78, 5) is 45.3. The summed E-state index contributed by atoms with van der Waals surface area (Å²) in [6, 6.07) is 10.9. The van der Waals surface area contributed by atoms with Gasteiger partial charge in [0.05, 0.1) is 0 Å². The third kappa shape index (κ3) is 4.80. The minimum absolute atomic E-state index is 0.0594. The van der Waals surface area contributed by atoms with Crippen LogP contribution < -0.4 is 15.6 Å². The molecule has 2 amide bonds. The molecule has 1 aromatic carbocycles. The maximum atomic E-state index is 12.8. The Morgan fingerprint density at radius 3 is 2.91 bits per heavy atom. The van der Waals surface area contributed by atoms with Crippen molar-refractivity contribution < 1.29 is 14.3 Å². The van der Waals surface area contributed by atoms with Gasteiger partial charge in [0.1, 0.15) is 11.3 Å². The topological polar surface area (TPSA) is 104 Å². The van der Waals surface area contributed by atoms with Crippen LogP contribution >= 0.6 is 0 Å². The molecule has 1 aliphatic heterocycles. The number of carbonyl (C=O) groups is 2. The van der Waals surface area contributed by atoms with Crippen LogP contribution in [0.5, 0.6) is 5.75 Å². The highest BCUT2D eigenvalue weighted by Crippen LogP contribution is 2.27. The molecule has 0 radical (unpaired) electrons. The second-order valence-corrected chi connectivity index (χ2v) is 8.12. The zero-order valence-corrected chi connectivity index (χ0v) is 18.2. The number of pyridine rings is 2. The Labute approximate surface area is 185 Å². The van der Waals surface area contributed by atoms with E-state index in [0.717, 1.165) is 35.2 Å². The van der Waals surface area contributed by atoms with Crippen LogP contribution in [0.15, 0.2) is 47.4 Å². The van der Waals surface area contributed by atoms with Crippen molar-refractivity contribution in [2.45, 2.75) is 32.6 Å². The van der Waals surface area contributed by atoms with Gasteiger partial charge in [-0.3, -0.25) is 19.4 Å². The molecule has 8 nitrogen and oxygen atoms in total. The van der Waals surface area contributed by atoms with Crippen LogP contribution in [0, 0.1) is 6.92 Å². The molecule has 4 rings (SSSR count). The number of nitrogens with one attached hydrogen (secondary N) is 2. The molecular formula is C24H26N4O4. The minimum Gasteiger partial charge on any atom is -0.484 e. The number of aromatic amines is 1. The largest absolute Gasteiger partial charge is 0.484 e. The van der Waals surface area contributed by atoms with Crippen LogP contribution in [-0.2, 0) is 9.59 Å². The first-order chi connectivity index (χ1) is 15.4. The van der Waals surface area contributed by atoms with E-state index in [1.54, 1.807) is 29.3 Å². The number of nitrogens with zero attached hydrogens (tertiary/aromatic N) is 2. The highest BCUT2D eigenvalue weighted by molar-refractivity contribution is 5.89. The Balaban J connectivity index is 1.40. The molecule has 166 valence electrons. The normalized spacial score (nSPS) is 16.1. The summed E-state index contributed by atoms with van der Waals surface area (Å²) in [6.07, 6.45) is 3.36. The fourth-order valence-corrected chi connectivity index (χ4v) is 4.09. The summed E-state index contributed by atoms with van der Waals surface area (Å²) >= 11 is 0. The first kappa shape index (κ1) is 21.5. The number of carbonyl (C=O) groups excluding carboxylic acids is 2. The second kappa shape index (κ2) is 9.21. The van der Waals surface area contributed by atoms with Gasteiger partial charge in [0, 0.05) is 48.9 Å². The molecule has 0 aliphatic carbocycles. The van der Waals surface area contributed by atoms with Gasteiger partial charge in [-0.05, 0) is 55.7 Å². The van der Waals surface area contributed by atoms with Gasteiger partial charge in [-0.1, -0.05) is 6.07 Å². The molecule has 0 bridgehead atoms. The standard InChI is InChI=1S/C24H26N4O4/c1-15-11-19(7-8-20(15)26-16(2)29)32-14-22(30)28-10-4-6-18(13-28)21-12-17-5-3-9-25-23(17)24(31)27-21/h3,5,7-9,11-12,18H,4,6,10,13-14H2,1-2H3,(H,26,29)(H,27,31). The zero-order chi connectivity index (χ0) is 22.7. The van der Waals surface area contributed by atoms with E-state index in [1.165, 1.54) is 6.92 Å². The number of fused-ring (bicyclic) bond motifs is 1. The average molecular weight is 434 g/mol. The Hall–Kier alpha value is -3.68. The molecule has 1 unspecified atom stereocenters. The van der Waals surface area contributed by atoms with Gasteiger partial charge in [0.2, 0.25) is 5.91 Å². The molecule has 32 heavy (non-hydrogen) atoms. The van der Waals surface area contributed by atoms with Crippen LogP contribution in [0.3, 0.4) is 0 Å². The van der Waals surface area contributed by atoms with Crippen molar-refractivity contribution in [1.29, 1.82) is 0 Å². The maximum Gasteiger partial charge on any atom is 0.274 e. The summed E-state index contributed by atoms with van der Waals surface area (Å²) in [5.41, 5.74) is 2.63. The van der Waals surface area contributed by atoms with Crippen molar-refractivity contribution in [1.82, 2.24) is 14.9 Å². The Morgan fingerprint density at radius 1 is 1.28 bits per heavy atom. The lowest BCUT2D eigenvalue weighted by Crippen LogP contribution is -2.42. The van der Waals surface area contributed by atoms with E-state index in [-0.39, 0.29) is 29.9 Å². The molecule has 8 heteroatoms. The van der Waals surface area contributed by atoms with Gasteiger partial charge in [-0.15, -0.1) is 0 Å². The molecule has 0 spiro atoms. The number of likely N-dealkylation sites (tertiary alicyclic amines) is 1. The zero-order valence-electron chi connectivity index (χ0n) is 18.2. The SMILES string of the molecule is CC(=O)Nc1ccc(OCC(=O)N2CCCC(c3cc4cccnc4c(=O)[nH]3)C2)cc1C. The second-order valence-electron chi connectivity index (χ2n) is 8.12. The number of benzene rings is 1. The lowest BCUT2D eigenvalue weighted by Gasteiger charge is -2.32. The average Bonchev–Trinajstić information content (AvgIpc) is 2.79. The Bertz CT molecular complexity index is 1220. The van der Waals surface area contributed by atoms with Crippen LogP contribution in [-0.4, -0.2) is 46.4 Å². The van der Waals surface area contributed by atoms with Crippen LogP contribution in [0.4, 0.5) is 5.69 Å². The van der Waals surface area contributed by atoms with Crippen molar-refractivity contribution in [2.75, 3.05) is 25.0 Å². The van der Waals surface area contributed by atoms with Crippen LogP contribution in [0.2, 0.25) is 0 Å². The number of amides is 2. The third-order valence-corrected chi connectivity index (χ3v) is 5.71. The van der Waals surface area contributed by atoms with Gasteiger partial charge < -0.3 is 19.9 Å². The smallest absolute Gasteiger partial charge is 0.274 e. The van der Waals surface area contributed by atoms with Gasteiger partial charge in [-0.25, -0.2) is 0 Å². The summed E-state index contributed by atoms with van der Waals surface area (Å²) < 4.78 is 5.71. The number of hydrogen-bond donors (Lipinski definition) is 2. The fraction of sp³-hybridized carbons (Fsp3) is 0.333. The van der Waals surface area contributed by atoms with E-state index < -0.39 is 0 Å². The number of rotatable bonds is 5. The van der Waals surface area contributed by atoms with E-state index in [4.69, 9.17) is 4.74 Å². The van der Waals surface area contributed by atoms with Crippen LogP contribution in [0.1, 0.15) is 36.9 Å². The first-order valence-electron chi connectivity index (χ1n) is 10.7. The lowest BCUT2D eigenvalue weighted by atomic mass is 9.93. The van der Waals surface area contributed by atoms with E-state index in [9.17, 15) is 14.4 Å². The summed E-state index contributed by atoms with van der Waals surface area (Å²) in [7, 11) is 0. The Kier molecular flexibility index (Phi) is 6.20.